The molecule has 0 aliphatic heterocycles. The molecule has 166 valence electrons. The lowest BCUT2D eigenvalue weighted by Gasteiger charge is -2.12. The van der Waals surface area contributed by atoms with Gasteiger partial charge in [0.2, 0.25) is 5.78 Å². The van der Waals surface area contributed by atoms with Crippen LogP contribution in [0.15, 0.2) is 75.6 Å². The van der Waals surface area contributed by atoms with Crippen LogP contribution in [0, 0.1) is 0 Å². The van der Waals surface area contributed by atoms with Gasteiger partial charge >= 0.3 is 5.69 Å². The first-order chi connectivity index (χ1) is 16.1. The van der Waals surface area contributed by atoms with Crippen LogP contribution in [0.4, 0.5) is 0 Å². The number of benzene rings is 2. The Morgan fingerprint density at radius 1 is 1.03 bits per heavy atom. The van der Waals surface area contributed by atoms with Crippen LogP contribution >= 0.6 is 11.3 Å². The van der Waals surface area contributed by atoms with Crippen molar-refractivity contribution >= 4 is 33.1 Å². The number of rotatable bonds is 7. The Kier molecular flexibility index (Phi) is 5.39. The number of fused-ring (bicyclic) bond motifs is 3. The number of aromatic nitrogens is 4. The van der Waals surface area contributed by atoms with E-state index in [1.54, 1.807) is 35.7 Å². The number of carbonyl (C=O) groups is 1. The van der Waals surface area contributed by atoms with Gasteiger partial charge in [-0.2, -0.15) is 0 Å². The summed E-state index contributed by atoms with van der Waals surface area (Å²) in [6.07, 6.45) is 0. The molecule has 0 aliphatic carbocycles. The van der Waals surface area contributed by atoms with E-state index in [4.69, 9.17) is 4.74 Å². The predicted molar refractivity (Wildman–Crippen MR) is 127 cm³/mol. The van der Waals surface area contributed by atoms with Gasteiger partial charge in [-0.3, -0.25) is 14.2 Å². The van der Waals surface area contributed by atoms with E-state index >= 15 is 0 Å². The Morgan fingerprint density at radius 2 is 1.79 bits per heavy atom. The minimum absolute atomic E-state index is 0.176. The Bertz CT molecular complexity index is 1590. The molecule has 0 bridgehead atoms. The first-order valence-electron chi connectivity index (χ1n) is 10.5. The van der Waals surface area contributed by atoms with Crippen molar-refractivity contribution in [3.05, 3.63) is 98.0 Å². The molecule has 2 aromatic carbocycles. The Balaban J connectivity index is 1.67. The molecule has 0 aliphatic rings. The van der Waals surface area contributed by atoms with E-state index in [1.807, 2.05) is 37.3 Å². The van der Waals surface area contributed by atoms with Crippen molar-refractivity contribution in [2.45, 2.75) is 20.0 Å². The molecule has 0 spiro atoms. The Hall–Kier alpha value is -3.98. The molecule has 3 aromatic heterocycles. The highest BCUT2D eigenvalue weighted by atomic mass is 32.1. The van der Waals surface area contributed by atoms with Crippen molar-refractivity contribution in [1.29, 1.82) is 0 Å². The highest BCUT2D eigenvalue weighted by Gasteiger charge is 2.20. The van der Waals surface area contributed by atoms with E-state index in [9.17, 15) is 14.4 Å². The maximum Gasteiger partial charge on any atom is 0.352 e. The van der Waals surface area contributed by atoms with Crippen molar-refractivity contribution in [2.24, 2.45) is 0 Å². The van der Waals surface area contributed by atoms with Gasteiger partial charge in [0.25, 0.3) is 5.56 Å². The van der Waals surface area contributed by atoms with Gasteiger partial charge in [-0.1, -0.05) is 48.5 Å². The molecule has 8 nitrogen and oxygen atoms in total. The number of nitrogens with zero attached hydrogens (tertiary/aromatic N) is 4. The van der Waals surface area contributed by atoms with E-state index in [1.165, 1.54) is 20.3 Å². The number of hydrogen-bond acceptors (Lipinski definition) is 6. The standard InChI is InChI=1S/C24H20N4O4S/c1-2-32-20-11-7-6-10-17(20)14-26-22(30)21-18(12-13-33-21)28-23(26)25-27(24(28)31)15-19(29)16-8-4-3-5-9-16/h3-13H,2,14-15H2,1H3. The quantitative estimate of drug-likeness (QED) is 0.348. The van der Waals surface area contributed by atoms with Crippen LogP contribution in [0.3, 0.4) is 0 Å². The smallest absolute Gasteiger partial charge is 0.352 e. The predicted octanol–water partition coefficient (Wildman–Crippen LogP) is 3.20. The van der Waals surface area contributed by atoms with Gasteiger partial charge in [0.1, 0.15) is 17.0 Å². The summed E-state index contributed by atoms with van der Waals surface area (Å²) >= 11 is 1.27. The summed E-state index contributed by atoms with van der Waals surface area (Å²) in [7, 11) is 0. The average Bonchev–Trinajstić information content (AvgIpc) is 3.43. The number of ether oxygens (including phenoxy) is 1. The van der Waals surface area contributed by atoms with Crippen LogP contribution in [-0.4, -0.2) is 31.1 Å². The van der Waals surface area contributed by atoms with Crippen LogP contribution in [0.5, 0.6) is 5.75 Å². The second-order valence-electron chi connectivity index (χ2n) is 7.43. The third kappa shape index (κ3) is 3.66. The minimum Gasteiger partial charge on any atom is -0.494 e. The first-order valence-corrected chi connectivity index (χ1v) is 11.3. The lowest BCUT2D eigenvalue weighted by Crippen LogP contribution is -2.27. The minimum atomic E-state index is -0.468. The van der Waals surface area contributed by atoms with Crippen LogP contribution in [-0.2, 0) is 13.1 Å². The van der Waals surface area contributed by atoms with Gasteiger partial charge < -0.3 is 4.74 Å². The van der Waals surface area contributed by atoms with Crippen LogP contribution in [0.2, 0.25) is 0 Å². The molecule has 3 heterocycles. The Labute approximate surface area is 191 Å². The average molecular weight is 461 g/mol. The molecule has 0 radical (unpaired) electrons. The van der Waals surface area contributed by atoms with Gasteiger partial charge in [0.15, 0.2) is 5.78 Å². The largest absolute Gasteiger partial charge is 0.494 e. The first kappa shape index (κ1) is 20.9. The van der Waals surface area contributed by atoms with Crippen molar-refractivity contribution in [2.75, 3.05) is 6.61 Å². The number of Topliss-reactive ketones (excluding diaryl/α,β-unsaturated/α-hetero) is 1. The number of carbonyl (C=O) groups excluding carboxylic acids is 1. The fraction of sp³-hybridized carbons (Fsp3) is 0.167. The SMILES string of the molecule is CCOc1ccccc1Cn1c(=O)c2sccc2n2c(=O)n(CC(=O)c3ccccc3)nc12. The molecule has 0 saturated carbocycles. The summed E-state index contributed by atoms with van der Waals surface area (Å²) in [5.41, 5.74) is 1.06. The zero-order valence-electron chi connectivity index (χ0n) is 17.8. The Morgan fingerprint density at radius 3 is 2.58 bits per heavy atom. The molecule has 5 aromatic rings. The molecule has 0 atom stereocenters. The molecule has 0 fully saturated rings. The van der Waals surface area contributed by atoms with Crippen LogP contribution in [0.25, 0.3) is 16.0 Å². The van der Waals surface area contributed by atoms with Gasteiger partial charge in [0, 0.05) is 11.1 Å². The fourth-order valence-corrected chi connectivity index (χ4v) is 4.66. The van der Waals surface area contributed by atoms with Crippen molar-refractivity contribution in [3.63, 3.8) is 0 Å². The summed E-state index contributed by atoms with van der Waals surface area (Å²) in [6.45, 7) is 2.33. The molecule has 0 unspecified atom stereocenters. The number of hydrogen-bond donors (Lipinski definition) is 0. The second kappa shape index (κ2) is 8.51. The van der Waals surface area contributed by atoms with Gasteiger partial charge in [0.05, 0.1) is 18.7 Å². The summed E-state index contributed by atoms with van der Waals surface area (Å²) < 4.78 is 10.1. The monoisotopic (exact) mass is 460 g/mol. The molecule has 33 heavy (non-hydrogen) atoms. The summed E-state index contributed by atoms with van der Waals surface area (Å²) in [6, 6.07) is 17.9. The molecule has 0 N–H and O–H groups in total. The van der Waals surface area contributed by atoms with Crippen molar-refractivity contribution in [3.8, 4) is 5.75 Å². The van der Waals surface area contributed by atoms with E-state index in [-0.39, 0.29) is 30.2 Å². The van der Waals surface area contributed by atoms with Gasteiger partial charge in [-0.25, -0.2) is 13.9 Å². The highest BCUT2D eigenvalue weighted by Crippen LogP contribution is 2.22. The zero-order valence-corrected chi connectivity index (χ0v) is 18.6. The number of para-hydroxylation sites is 1. The fourth-order valence-electron chi connectivity index (χ4n) is 3.83. The molecule has 9 heteroatoms. The highest BCUT2D eigenvalue weighted by molar-refractivity contribution is 7.17. The summed E-state index contributed by atoms with van der Waals surface area (Å²) in [4.78, 5) is 39.3. The topological polar surface area (TPSA) is 87.6 Å². The van der Waals surface area contributed by atoms with E-state index in [0.29, 0.717) is 28.1 Å². The van der Waals surface area contributed by atoms with Crippen LogP contribution in [0.1, 0.15) is 22.8 Å². The van der Waals surface area contributed by atoms with Crippen molar-refractivity contribution in [1.82, 2.24) is 18.7 Å². The van der Waals surface area contributed by atoms with Gasteiger partial charge in [-0.15, -0.1) is 16.4 Å². The van der Waals surface area contributed by atoms with E-state index in [2.05, 4.69) is 5.10 Å². The zero-order chi connectivity index (χ0) is 22.9. The number of ketones is 1. The van der Waals surface area contributed by atoms with Crippen LogP contribution < -0.4 is 16.0 Å². The third-order valence-corrected chi connectivity index (χ3v) is 6.27. The molecule has 0 amide bonds. The molecular formula is C24H20N4O4S. The summed E-state index contributed by atoms with van der Waals surface area (Å²) in [5, 5.41) is 6.18. The lowest BCUT2D eigenvalue weighted by atomic mass is 10.1. The number of thiophene rings is 1. The molecular weight excluding hydrogens is 440 g/mol. The second-order valence-corrected chi connectivity index (χ2v) is 8.35. The molecule has 5 rings (SSSR count). The molecule has 0 saturated heterocycles. The summed E-state index contributed by atoms with van der Waals surface area (Å²) in [5.74, 6) is 0.610. The van der Waals surface area contributed by atoms with E-state index in [0.717, 1.165) is 10.2 Å². The third-order valence-electron chi connectivity index (χ3n) is 5.38. The lowest BCUT2D eigenvalue weighted by molar-refractivity contribution is 0.0966. The normalized spacial score (nSPS) is 11.3. The maximum atomic E-state index is 13.3. The maximum absolute atomic E-state index is 13.3. The van der Waals surface area contributed by atoms with Crippen molar-refractivity contribution < 1.29 is 9.53 Å². The van der Waals surface area contributed by atoms with Gasteiger partial charge in [-0.05, 0) is 24.4 Å². The van der Waals surface area contributed by atoms with E-state index < -0.39 is 5.69 Å².